The van der Waals surface area contributed by atoms with Crippen LogP contribution in [0.1, 0.15) is 23.2 Å². The summed E-state index contributed by atoms with van der Waals surface area (Å²) < 4.78 is 38.7. The Kier molecular flexibility index (Phi) is 5.64. The molecule has 2 fully saturated rings. The second-order valence-electron chi connectivity index (χ2n) is 8.07. The Hall–Kier alpha value is -2.85. The molecule has 1 aromatic heterocycles. The first kappa shape index (κ1) is 21.0. The molecule has 0 saturated carbocycles. The van der Waals surface area contributed by atoms with E-state index in [-0.39, 0.29) is 23.9 Å². The van der Waals surface area contributed by atoms with Crippen molar-refractivity contribution in [3.63, 3.8) is 0 Å². The lowest BCUT2D eigenvalue weighted by molar-refractivity contribution is 0.0698. The van der Waals surface area contributed by atoms with Gasteiger partial charge in [-0.2, -0.15) is 4.31 Å². The van der Waals surface area contributed by atoms with Crippen LogP contribution in [0.5, 0.6) is 11.5 Å². The molecule has 3 aliphatic heterocycles. The van der Waals surface area contributed by atoms with Gasteiger partial charge >= 0.3 is 0 Å². The molecule has 32 heavy (non-hydrogen) atoms. The highest BCUT2D eigenvalue weighted by Gasteiger charge is 2.32. The summed E-state index contributed by atoms with van der Waals surface area (Å²) in [6, 6.07) is 8.26. The van der Waals surface area contributed by atoms with Crippen LogP contribution < -0.4 is 14.4 Å². The van der Waals surface area contributed by atoms with E-state index < -0.39 is 10.0 Å². The Balaban J connectivity index is 1.29. The minimum absolute atomic E-state index is 0.101. The van der Waals surface area contributed by atoms with Crippen LogP contribution in [0.2, 0.25) is 0 Å². The first-order chi connectivity index (χ1) is 15.5. The summed E-state index contributed by atoms with van der Waals surface area (Å²) in [5.74, 6) is 1.62. The van der Waals surface area contributed by atoms with E-state index in [1.54, 1.807) is 35.4 Å². The van der Waals surface area contributed by atoms with Gasteiger partial charge in [-0.1, -0.05) is 0 Å². The molecule has 10 heteroatoms. The number of hydrogen-bond donors (Lipinski definition) is 0. The molecule has 0 spiro atoms. The molecule has 0 N–H and O–H groups in total. The van der Waals surface area contributed by atoms with Gasteiger partial charge in [0.2, 0.25) is 10.0 Å². The Morgan fingerprint density at radius 2 is 1.62 bits per heavy atom. The maximum Gasteiger partial charge on any atom is 0.257 e. The third-order valence-electron chi connectivity index (χ3n) is 6.10. The Morgan fingerprint density at radius 1 is 0.906 bits per heavy atom. The number of amides is 1. The highest BCUT2D eigenvalue weighted by atomic mass is 32.2. The summed E-state index contributed by atoms with van der Waals surface area (Å²) >= 11 is 0. The molecule has 2 saturated heterocycles. The van der Waals surface area contributed by atoms with Gasteiger partial charge in [0.25, 0.3) is 5.91 Å². The molecule has 9 nitrogen and oxygen atoms in total. The highest BCUT2D eigenvalue weighted by molar-refractivity contribution is 7.89. The number of rotatable bonds is 4. The number of anilines is 1. The summed E-state index contributed by atoms with van der Waals surface area (Å²) in [4.78, 5) is 21.7. The van der Waals surface area contributed by atoms with Crippen LogP contribution in [0.25, 0.3) is 0 Å². The topological polar surface area (TPSA) is 92.3 Å². The van der Waals surface area contributed by atoms with E-state index in [2.05, 4.69) is 9.88 Å². The van der Waals surface area contributed by atoms with Gasteiger partial charge in [-0.25, -0.2) is 13.4 Å². The number of piperazine rings is 1. The zero-order valence-electron chi connectivity index (χ0n) is 17.8. The Labute approximate surface area is 187 Å². The zero-order chi connectivity index (χ0) is 22.1. The van der Waals surface area contributed by atoms with E-state index in [4.69, 9.17) is 9.47 Å². The van der Waals surface area contributed by atoms with Gasteiger partial charge in [-0.3, -0.25) is 4.79 Å². The molecule has 0 radical (unpaired) electrons. The van der Waals surface area contributed by atoms with Crippen molar-refractivity contribution in [3.05, 3.63) is 42.1 Å². The fraction of sp³-hybridized carbons (Fsp3) is 0.455. The van der Waals surface area contributed by atoms with Crippen molar-refractivity contribution in [3.8, 4) is 11.5 Å². The van der Waals surface area contributed by atoms with Crippen molar-refractivity contribution < 1.29 is 22.7 Å². The van der Waals surface area contributed by atoms with Crippen molar-refractivity contribution >= 4 is 21.7 Å². The lowest BCUT2D eigenvalue weighted by Gasteiger charge is -2.34. The number of benzene rings is 1. The lowest BCUT2D eigenvalue weighted by Crippen LogP contribution is -2.50. The number of ether oxygens (including phenoxy) is 2. The number of nitrogens with zero attached hydrogens (tertiary/aromatic N) is 4. The minimum Gasteiger partial charge on any atom is -0.486 e. The average molecular weight is 459 g/mol. The van der Waals surface area contributed by atoms with E-state index in [1.165, 1.54) is 10.4 Å². The summed E-state index contributed by atoms with van der Waals surface area (Å²) in [6.07, 6.45) is 3.91. The van der Waals surface area contributed by atoms with Crippen LogP contribution in [0.4, 0.5) is 5.82 Å². The maximum atomic E-state index is 13.2. The first-order valence-electron chi connectivity index (χ1n) is 10.9. The van der Waals surface area contributed by atoms with E-state index in [0.29, 0.717) is 43.4 Å². The summed E-state index contributed by atoms with van der Waals surface area (Å²) in [7, 11) is -3.69. The van der Waals surface area contributed by atoms with E-state index in [9.17, 15) is 13.2 Å². The highest BCUT2D eigenvalue weighted by Crippen LogP contribution is 2.33. The van der Waals surface area contributed by atoms with Crippen molar-refractivity contribution in [2.24, 2.45) is 0 Å². The monoisotopic (exact) mass is 458 g/mol. The number of carbonyl (C=O) groups excluding carboxylic acids is 1. The Bertz CT molecular complexity index is 1110. The number of hydrogen-bond acceptors (Lipinski definition) is 7. The molecule has 1 aromatic carbocycles. The molecule has 2 aromatic rings. The molecule has 0 aliphatic carbocycles. The predicted octanol–water partition coefficient (Wildman–Crippen LogP) is 1.60. The molecule has 170 valence electrons. The fourth-order valence-electron chi connectivity index (χ4n) is 4.38. The molecule has 3 aliphatic rings. The van der Waals surface area contributed by atoms with Gasteiger partial charge in [-0.05, 0) is 37.1 Å². The fourth-order valence-corrected chi connectivity index (χ4v) is 5.82. The average Bonchev–Trinajstić information content (AvgIpc) is 3.38. The van der Waals surface area contributed by atoms with Crippen LogP contribution in [0.3, 0.4) is 0 Å². The van der Waals surface area contributed by atoms with Gasteiger partial charge in [0, 0.05) is 51.5 Å². The molecule has 0 unspecified atom stereocenters. The van der Waals surface area contributed by atoms with Gasteiger partial charge < -0.3 is 19.3 Å². The normalized spacial score (nSPS) is 19.2. The lowest BCUT2D eigenvalue weighted by atomic mass is 10.2. The molecular weight excluding hydrogens is 432 g/mol. The summed E-state index contributed by atoms with van der Waals surface area (Å²) in [5.41, 5.74) is 0.581. The number of carbonyl (C=O) groups is 1. The third-order valence-corrected chi connectivity index (χ3v) is 7.99. The molecule has 1 amide bonds. The first-order valence-corrected chi connectivity index (χ1v) is 12.4. The predicted molar refractivity (Wildman–Crippen MR) is 118 cm³/mol. The van der Waals surface area contributed by atoms with Gasteiger partial charge in [0.05, 0.1) is 10.5 Å². The molecule has 5 rings (SSSR count). The second-order valence-corrected chi connectivity index (χ2v) is 10.0. The molecule has 0 atom stereocenters. The van der Waals surface area contributed by atoms with Crippen LogP contribution in [0.15, 0.2) is 41.4 Å². The molecule has 0 bridgehead atoms. The smallest absolute Gasteiger partial charge is 0.257 e. The van der Waals surface area contributed by atoms with E-state index in [1.807, 2.05) is 0 Å². The van der Waals surface area contributed by atoms with Gasteiger partial charge in [-0.15, -0.1) is 0 Å². The van der Waals surface area contributed by atoms with Crippen molar-refractivity contribution in [1.82, 2.24) is 14.2 Å². The largest absolute Gasteiger partial charge is 0.486 e. The number of aromatic nitrogens is 1. The van der Waals surface area contributed by atoms with Crippen LogP contribution in [-0.4, -0.2) is 81.0 Å². The third kappa shape index (κ3) is 3.88. The maximum absolute atomic E-state index is 13.2. The Morgan fingerprint density at radius 3 is 2.38 bits per heavy atom. The van der Waals surface area contributed by atoms with Crippen LogP contribution in [-0.2, 0) is 10.0 Å². The second kappa shape index (κ2) is 8.59. The van der Waals surface area contributed by atoms with Crippen LogP contribution in [0, 0.1) is 0 Å². The van der Waals surface area contributed by atoms with Crippen molar-refractivity contribution in [2.45, 2.75) is 17.7 Å². The van der Waals surface area contributed by atoms with Crippen LogP contribution >= 0.6 is 0 Å². The van der Waals surface area contributed by atoms with Crippen molar-refractivity contribution in [2.75, 3.05) is 57.4 Å². The van der Waals surface area contributed by atoms with Crippen molar-refractivity contribution in [1.29, 1.82) is 0 Å². The molecule has 4 heterocycles. The van der Waals surface area contributed by atoms with E-state index >= 15 is 0 Å². The zero-order valence-corrected chi connectivity index (χ0v) is 18.6. The quantitative estimate of drug-likeness (QED) is 0.687. The van der Waals surface area contributed by atoms with Gasteiger partial charge in [0.15, 0.2) is 11.5 Å². The summed E-state index contributed by atoms with van der Waals surface area (Å²) in [5, 5.41) is 0. The molecular formula is C22H26N4O5S. The minimum atomic E-state index is -3.69. The summed E-state index contributed by atoms with van der Waals surface area (Å²) in [6.45, 7) is 3.78. The standard InChI is InChI=1S/C22H26N4O5S/c27-22(18-4-3-7-23-21(18)24-8-1-2-9-24)25-10-12-26(13-11-25)32(28,29)17-5-6-19-20(16-17)31-15-14-30-19/h3-7,16H,1-2,8-15H2. The van der Waals surface area contributed by atoms with E-state index in [0.717, 1.165) is 31.7 Å². The number of fused-ring (bicyclic) bond motifs is 1. The SMILES string of the molecule is O=C(c1cccnc1N1CCCC1)N1CCN(S(=O)(=O)c2ccc3c(c2)OCCO3)CC1. The number of sulfonamides is 1. The number of pyridine rings is 1. The van der Waals surface area contributed by atoms with Gasteiger partial charge in [0.1, 0.15) is 19.0 Å².